The van der Waals surface area contributed by atoms with Crippen molar-refractivity contribution in [3.63, 3.8) is 0 Å². The molecule has 0 unspecified atom stereocenters. The van der Waals surface area contributed by atoms with E-state index in [1.807, 2.05) is 12.2 Å². The van der Waals surface area contributed by atoms with Crippen LogP contribution in [0.15, 0.2) is 85.1 Å². The van der Waals surface area contributed by atoms with Crippen LogP contribution in [0.1, 0.15) is 213 Å². The van der Waals surface area contributed by atoms with E-state index in [0.29, 0.717) is 19.3 Å². The maximum absolute atomic E-state index is 12.7. The van der Waals surface area contributed by atoms with E-state index in [1.54, 1.807) is 0 Å². The molecule has 0 heterocycles. The Balaban J connectivity index is 4.48. The Kier molecular flexibility index (Phi) is 44.5. The van der Waals surface area contributed by atoms with E-state index in [4.69, 9.17) is 14.2 Å². The smallest absolute Gasteiger partial charge is 0.306 e. The molecule has 0 radical (unpaired) electrons. The molecule has 0 bridgehead atoms. The summed E-state index contributed by atoms with van der Waals surface area (Å²) in [5.74, 6) is -1.01. The first-order valence-corrected chi connectivity index (χ1v) is 24.1. The van der Waals surface area contributed by atoms with Gasteiger partial charge in [-0.3, -0.25) is 14.4 Å². The molecule has 1 atom stereocenters. The van der Waals surface area contributed by atoms with E-state index in [2.05, 4.69) is 93.7 Å². The SMILES string of the molecule is CC/C=C\C/C=C\C/C=C\C/C=C\C/C=C\C/C=C\CCC(=O)OC[C@@H](COC(=O)CCCCCCCCCCCCC)OC(=O)CCCCCCC/C=C\CCCC. The van der Waals surface area contributed by atoms with Crippen LogP contribution in [0.25, 0.3) is 0 Å². The average molecular weight is 821 g/mol. The van der Waals surface area contributed by atoms with Crippen molar-refractivity contribution < 1.29 is 28.6 Å². The summed E-state index contributed by atoms with van der Waals surface area (Å²) in [6.07, 6.45) is 60.1. The van der Waals surface area contributed by atoms with Gasteiger partial charge in [0.1, 0.15) is 13.2 Å². The molecule has 0 amide bonds. The molecule has 6 nitrogen and oxygen atoms in total. The lowest BCUT2D eigenvalue weighted by molar-refractivity contribution is -0.166. The normalized spacial score (nSPS) is 12.8. The van der Waals surface area contributed by atoms with E-state index in [1.165, 1.54) is 77.0 Å². The van der Waals surface area contributed by atoms with Gasteiger partial charge in [0, 0.05) is 19.3 Å². The largest absolute Gasteiger partial charge is 0.462 e. The fraction of sp³-hybridized carbons (Fsp3) is 0.679. The standard InChI is InChI=1S/C53H88O6/c1-4-7-10-13-16-19-22-23-24-25-26-27-28-29-32-34-37-40-43-46-52(55)58-49-50(59-53(56)47-44-41-38-35-31-21-18-15-12-9-6-3)48-57-51(54)45-42-39-36-33-30-20-17-14-11-8-5-2/h7,10,15-16,18-19,23-24,26-27,29,32,37,40,50H,4-6,8-9,11-14,17,20-22,25,28,30-31,33-36,38-39,41-49H2,1-3H3/b10-7-,18-15-,19-16-,24-23-,27-26-,32-29-,40-37-/t50-/m1/s1. The van der Waals surface area contributed by atoms with E-state index >= 15 is 0 Å². The number of carbonyl (C=O) groups is 3. The number of unbranched alkanes of at least 4 members (excludes halogenated alkanes) is 17. The topological polar surface area (TPSA) is 78.9 Å². The molecule has 0 saturated carbocycles. The molecule has 0 aliphatic carbocycles. The van der Waals surface area contributed by atoms with Crippen molar-refractivity contribution in [2.45, 2.75) is 219 Å². The predicted molar refractivity (Wildman–Crippen MR) is 251 cm³/mol. The molecule has 0 aromatic heterocycles. The Bertz CT molecular complexity index is 1170. The number of ether oxygens (including phenoxy) is 3. The third kappa shape index (κ3) is 45.5. The Morgan fingerprint density at radius 2 is 0.712 bits per heavy atom. The fourth-order valence-corrected chi connectivity index (χ4v) is 6.27. The van der Waals surface area contributed by atoms with Crippen LogP contribution >= 0.6 is 0 Å². The quantitative estimate of drug-likeness (QED) is 0.0264. The molecule has 0 aromatic carbocycles. The maximum Gasteiger partial charge on any atom is 0.306 e. The van der Waals surface area contributed by atoms with E-state index in [9.17, 15) is 14.4 Å². The van der Waals surface area contributed by atoms with Gasteiger partial charge in [-0.15, -0.1) is 0 Å². The molecule has 0 spiro atoms. The van der Waals surface area contributed by atoms with Gasteiger partial charge in [-0.05, 0) is 77.0 Å². The highest BCUT2D eigenvalue weighted by molar-refractivity contribution is 5.71. The van der Waals surface area contributed by atoms with Crippen molar-refractivity contribution in [1.82, 2.24) is 0 Å². The minimum absolute atomic E-state index is 0.102. The van der Waals surface area contributed by atoms with Gasteiger partial charge in [-0.25, -0.2) is 0 Å². The van der Waals surface area contributed by atoms with Crippen LogP contribution in [0.2, 0.25) is 0 Å². The summed E-state index contributed by atoms with van der Waals surface area (Å²) in [6, 6.07) is 0. The highest BCUT2D eigenvalue weighted by Gasteiger charge is 2.19. The molecular formula is C53H88O6. The highest BCUT2D eigenvalue weighted by atomic mass is 16.6. The Labute approximate surface area is 363 Å². The third-order valence-corrected chi connectivity index (χ3v) is 9.90. The van der Waals surface area contributed by atoms with Gasteiger partial charge >= 0.3 is 17.9 Å². The number of hydrogen-bond acceptors (Lipinski definition) is 6. The van der Waals surface area contributed by atoms with E-state index < -0.39 is 6.10 Å². The number of carbonyl (C=O) groups excluding carboxylic acids is 3. The highest BCUT2D eigenvalue weighted by Crippen LogP contribution is 2.13. The lowest BCUT2D eigenvalue weighted by atomic mass is 10.1. The zero-order chi connectivity index (χ0) is 43.0. The molecule has 0 fully saturated rings. The van der Waals surface area contributed by atoms with Gasteiger partial charge in [0.05, 0.1) is 0 Å². The lowest BCUT2D eigenvalue weighted by Crippen LogP contribution is -2.30. The molecule has 0 rings (SSSR count). The molecule has 0 aromatic rings. The van der Waals surface area contributed by atoms with Crippen LogP contribution in [-0.4, -0.2) is 37.2 Å². The summed E-state index contributed by atoms with van der Waals surface area (Å²) < 4.78 is 16.6. The average Bonchev–Trinajstić information content (AvgIpc) is 3.23. The number of rotatable bonds is 42. The molecule has 6 heteroatoms. The van der Waals surface area contributed by atoms with Gasteiger partial charge in [-0.1, -0.05) is 202 Å². The first-order valence-electron chi connectivity index (χ1n) is 24.1. The van der Waals surface area contributed by atoms with Gasteiger partial charge in [0.15, 0.2) is 6.10 Å². The van der Waals surface area contributed by atoms with Crippen molar-refractivity contribution in [2.75, 3.05) is 13.2 Å². The summed E-state index contributed by atoms with van der Waals surface area (Å²) in [5.41, 5.74) is 0. The maximum atomic E-state index is 12.7. The second kappa shape index (κ2) is 47.3. The van der Waals surface area contributed by atoms with Crippen LogP contribution in [0.4, 0.5) is 0 Å². The molecule has 0 aliphatic rings. The summed E-state index contributed by atoms with van der Waals surface area (Å²) in [5, 5.41) is 0. The Morgan fingerprint density at radius 1 is 0.356 bits per heavy atom. The first-order chi connectivity index (χ1) is 29.0. The van der Waals surface area contributed by atoms with Crippen LogP contribution < -0.4 is 0 Å². The van der Waals surface area contributed by atoms with Crippen molar-refractivity contribution in [1.29, 1.82) is 0 Å². The number of hydrogen-bond donors (Lipinski definition) is 0. The molecule has 0 aliphatic heterocycles. The van der Waals surface area contributed by atoms with Crippen LogP contribution in [-0.2, 0) is 28.6 Å². The third-order valence-electron chi connectivity index (χ3n) is 9.90. The fourth-order valence-electron chi connectivity index (χ4n) is 6.27. The zero-order valence-corrected chi connectivity index (χ0v) is 38.2. The minimum atomic E-state index is -0.807. The molecule has 336 valence electrons. The summed E-state index contributed by atoms with van der Waals surface area (Å²) in [4.78, 5) is 37.8. The zero-order valence-electron chi connectivity index (χ0n) is 38.2. The number of esters is 3. The van der Waals surface area contributed by atoms with Gasteiger partial charge in [-0.2, -0.15) is 0 Å². The lowest BCUT2D eigenvalue weighted by Gasteiger charge is -2.18. The van der Waals surface area contributed by atoms with E-state index in [-0.39, 0.29) is 37.5 Å². The molecule has 0 saturated heterocycles. The second-order valence-corrected chi connectivity index (χ2v) is 15.6. The summed E-state index contributed by atoms with van der Waals surface area (Å²) in [6.45, 7) is 6.39. The Hall–Kier alpha value is -3.41. The van der Waals surface area contributed by atoms with Gasteiger partial charge in [0.25, 0.3) is 0 Å². The van der Waals surface area contributed by atoms with Crippen molar-refractivity contribution >= 4 is 17.9 Å². The second-order valence-electron chi connectivity index (χ2n) is 15.6. The van der Waals surface area contributed by atoms with Crippen LogP contribution in [0.5, 0.6) is 0 Å². The van der Waals surface area contributed by atoms with E-state index in [0.717, 1.165) is 89.9 Å². The van der Waals surface area contributed by atoms with Gasteiger partial charge < -0.3 is 14.2 Å². The Morgan fingerprint density at radius 3 is 1.19 bits per heavy atom. The minimum Gasteiger partial charge on any atom is -0.462 e. The van der Waals surface area contributed by atoms with Crippen molar-refractivity contribution in [3.8, 4) is 0 Å². The molecule has 59 heavy (non-hydrogen) atoms. The van der Waals surface area contributed by atoms with Crippen LogP contribution in [0.3, 0.4) is 0 Å². The summed E-state index contributed by atoms with van der Waals surface area (Å²) >= 11 is 0. The monoisotopic (exact) mass is 821 g/mol. The first kappa shape index (κ1) is 55.6. The molecule has 0 N–H and O–H groups in total. The predicted octanol–water partition coefficient (Wildman–Crippen LogP) is 15.6. The molecular weight excluding hydrogens is 733 g/mol. The van der Waals surface area contributed by atoms with Crippen LogP contribution in [0, 0.1) is 0 Å². The van der Waals surface area contributed by atoms with Gasteiger partial charge in [0.2, 0.25) is 0 Å². The summed E-state index contributed by atoms with van der Waals surface area (Å²) in [7, 11) is 0. The van der Waals surface area contributed by atoms with Crippen molar-refractivity contribution in [2.24, 2.45) is 0 Å². The number of allylic oxidation sites excluding steroid dienone is 14. The van der Waals surface area contributed by atoms with Crippen molar-refractivity contribution in [3.05, 3.63) is 85.1 Å².